The van der Waals surface area contributed by atoms with Gasteiger partial charge in [-0.2, -0.15) is 8.42 Å². The first-order valence-corrected chi connectivity index (χ1v) is 8.42. The summed E-state index contributed by atoms with van der Waals surface area (Å²) in [7, 11) is -4.64. The van der Waals surface area contributed by atoms with Gasteiger partial charge in [0.2, 0.25) is 0 Å². The van der Waals surface area contributed by atoms with Gasteiger partial charge in [-0.3, -0.25) is 4.55 Å². The molecular weight excluding hydrogens is 400 g/mol. The van der Waals surface area contributed by atoms with Crippen LogP contribution in [0.3, 0.4) is 0 Å². The monoisotopic (exact) mass is 412 g/mol. The van der Waals surface area contributed by atoms with E-state index in [1.807, 2.05) is 0 Å². The van der Waals surface area contributed by atoms with Crippen LogP contribution in [0.2, 0.25) is 0 Å². The molecule has 0 heterocycles. The van der Waals surface area contributed by atoms with E-state index < -0.39 is 50.0 Å². The molecule has 0 aliphatic rings. The van der Waals surface area contributed by atoms with E-state index in [0.717, 1.165) is 12.1 Å². The highest BCUT2D eigenvalue weighted by Gasteiger charge is 2.17. The maximum absolute atomic E-state index is 10.8. The SMILES string of the molecule is O=C(O)c1cc(C(=O)O)cc(S(=O)(=O)O)c1.O=C(O)c1cccc(C(=O)O)c1. The third kappa shape index (κ3) is 6.19. The predicted octanol–water partition coefficient (Wildman–Crippen LogP) is 1.41. The molecule has 5 N–H and O–H groups in total. The van der Waals surface area contributed by atoms with Gasteiger partial charge in [-0.15, -0.1) is 0 Å². The van der Waals surface area contributed by atoms with Crippen molar-refractivity contribution in [3.63, 3.8) is 0 Å². The van der Waals surface area contributed by atoms with Gasteiger partial charge in [-0.25, -0.2) is 19.2 Å². The second-order valence-electron chi connectivity index (χ2n) is 5.02. The average Bonchev–Trinajstić information content (AvgIpc) is 2.61. The van der Waals surface area contributed by atoms with Crippen LogP contribution in [0, 0.1) is 0 Å². The van der Waals surface area contributed by atoms with Gasteiger partial charge in [0.05, 0.1) is 27.1 Å². The van der Waals surface area contributed by atoms with Crippen LogP contribution in [0.25, 0.3) is 0 Å². The Hall–Kier alpha value is -3.77. The van der Waals surface area contributed by atoms with E-state index in [1.54, 1.807) is 0 Å². The van der Waals surface area contributed by atoms with Gasteiger partial charge in [0.15, 0.2) is 0 Å². The standard InChI is InChI=1S/C8H6O7S.C8H6O4/c9-7(10)4-1-5(8(11)12)3-6(2-4)16(13,14)15;9-7(10)5-2-1-3-6(4-5)8(11)12/h1-3H,(H,9,10)(H,11,12)(H,13,14,15);1-4H,(H,9,10)(H,11,12). The van der Waals surface area contributed by atoms with Crippen molar-refractivity contribution in [1.29, 1.82) is 0 Å². The van der Waals surface area contributed by atoms with Crippen molar-refractivity contribution >= 4 is 34.0 Å². The van der Waals surface area contributed by atoms with Crippen molar-refractivity contribution in [2.24, 2.45) is 0 Å². The van der Waals surface area contributed by atoms with E-state index >= 15 is 0 Å². The summed E-state index contributed by atoms with van der Waals surface area (Å²) in [6, 6.07) is 7.33. The highest BCUT2D eigenvalue weighted by Crippen LogP contribution is 2.15. The Balaban J connectivity index is 0.000000292. The molecule has 0 bridgehead atoms. The molecule has 0 unspecified atom stereocenters. The number of carboxylic acid groups (broad SMARTS) is 4. The molecule has 0 radical (unpaired) electrons. The van der Waals surface area contributed by atoms with Crippen molar-refractivity contribution in [2.75, 3.05) is 0 Å². The van der Waals surface area contributed by atoms with Crippen molar-refractivity contribution < 1.29 is 52.6 Å². The molecule has 0 fully saturated rings. The van der Waals surface area contributed by atoms with Crippen molar-refractivity contribution in [3.8, 4) is 0 Å². The zero-order chi connectivity index (χ0) is 21.6. The first kappa shape index (κ1) is 22.3. The molecule has 0 aliphatic carbocycles. The third-order valence-corrected chi connectivity index (χ3v) is 3.89. The zero-order valence-corrected chi connectivity index (χ0v) is 14.5. The average molecular weight is 412 g/mol. The Morgan fingerprint density at radius 2 is 0.929 bits per heavy atom. The molecule has 148 valence electrons. The number of hydrogen-bond donors (Lipinski definition) is 5. The highest BCUT2D eigenvalue weighted by molar-refractivity contribution is 7.85. The normalized spacial score (nSPS) is 10.3. The topological polar surface area (TPSA) is 204 Å². The minimum atomic E-state index is -4.64. The zero-order valence-electron chi connectivity index (χ0n) is 13.6. The van der Waals surface area contributed by atoms with Gasteiger partial charge >= 0.3 is 23.9 Å². The lowest BCUT2D eigenvalue weighted by Crippen LogP contribution is -2.07. The van der Waals surface area contributed by atoms with Gasteiger partial charge < -0.3 is 20.4 Å². The van der Waals surface area contributed by atoms with Crippen molar-refractivity contribution in [3.05, 3.63) is 64.7 Å². The summed E-state index contributed by atoms with van der Waals surface area (Å²) in [5, 5.41) is 34.2. The van der Waals surface area contributed by atoms with Crippen LogP contribution < -0.4 is 0 Å². The fourth-order valence-electron chi connectivity index (χ4n) is 1.78. The number of carboxylic acids is 4. The van der Waals surface area contributed by atoms with Gasteiger partial charge in [0.1, 0.15) is 0 Å². The third-order valence-electron chi connectivity index (χ3n) is 3.05. The van der Waals surface area contributed by atoms with E-state index in [2.05, 4.69) is 0 Å². The number of benzene rings is 2. The van der Waals surface area contributed by atoms with E-state index in [4.69, 9.17) is 25.0 Å². The molecule has 28 heavy (non-hydrogen) atoms. The number of rotatable bonds is 5. The smallest absolute Gasteiger partial charge is 0.335 e. The van der Waals surface area contributed by atoms with Crippen molar-refractivity contribution in [2.45, 2.75) is 4.90 Å². The van der Waals surface area contributed by atoms with E-state index in [-0.39, 0.29) is 11.1 Å². The van der Waals surface area contributed by atoms with Gasteiger partial charge in [-0.05, 0) is 36.4 Å². The van der Waals surface area contributed by atoms with Crippen LogP contribution in [0.4, 0.5) is 0 Å². The van der Waals surface area contributed by atoms with Gasteiger partial charge in [0, 0.05) is 0 Å². The minimum absolute atomic E-state index is 0.0186. The maximum Gasteiger partial charge on any atom is 0.335 e. The molecule has 0 atom stereocenters. The number of carbonyl (C=O) groups is 4. The van der Waals surface area contributed by atoms with Crippen molar-refractivity contribution in [1.82, 2.24) is 0 Å². The molecule has 0 saturated carbocycles. The second kappa shape index (κ2) is 8.75. The molecule has 2 aromatic rings. The summed E-state index contributed by atoms with van der Waals surface area (Å²) < 4.78 is 30.2. The first-order chi connectivity index (χ1) is 12.8. The fourth-order valence-corrected chi connectivity index (χ4v) is 2.33. The molecule has 0 aromatic heterocycles. The van der Waals surface area contributed by atoms with E-state index in [9.17, 15) is 27.6 Å². The summed E-state index contributed by atoms with van der Waals surface area (Å²) in [5.74, 6) is -5.24. The Kier molecular flexibility index (Phi) is 6.96. The lowest BCUT2D eigenvalue weighted by Gasteiger charge is -2.02. The van der Waals surface area contributed by atoms with Crippen LogP contribution >= 0.6 is 0 Å². The Labute approximate surface area is 156 Å². The second-order valence-corrected chi connectivity index (χ2v) is 6.44. The number of aromatic carboxylic acids is 4. The summed E-state index contributed by atoms with van der Waals surface area (Å²) >= 11 is 0. The summed E-state index contributed by atoms with van der Waals surface area (Å²) in [5.41, 5.74) is -1.11. The summed E-state index contributed by atoms with van der Waals surface area (Å²) in [6.07, 6.45) is 0. The summed E-state index contributed by atoms with van der Waals surface area (Å²) in [4.78, 5) is 41.2. The largest absolute Gasteiger partial charge is 0.478 e. The Morgan fingerprint density at radius 3 is 1.21 bits per heavy atom. The minimum Gasteiger partial charge on any atom is -0.478 e. The molecule has 0 spiro atoms. The molecular formula is C16H12O11S. The van der Waals surface area contributed by atoms with Crippen LogP contribution in [0.5, 0.6) is 0 Å². The molecule has 2 aromatic carbocycles. The molecule has 2 rings (SSSR count). The van der Waals surface area contributed by atoms with Crippen LogP contribution in [-0.2, 0) is 10.1 Å². The lowest BCUT2D eigenvalue weighted by atomic mass is 10.1. The van der Waals surface area contributed by atoms with E-state index in [0.29, 0.717) is 12.1 Å². The maximum atomic E-state index is 10.8. The summed E-state index contributed by atoms with van der Waals surface area (Å²) in [6.45, 7) is 0. The van der Waals surface area contributed by atoms with Crippen LogP contribution in [0.15, 0.2) is 47.4 Å². The number of hydrogen-bond acceptors (Lipinski definition) is 6. The van der Waals surface area contributed by atoms with Crippen LogP contribution in [0.1, 0.15) is 41.4 Å². The predicted molar refractivity (Wildman–Crippen MR) is 90.5 cm³/mol. The van der Waals surface area contributed by atoms with Gasteiger partial charge in [0.25, 0.3) is 10.1 Å². The molecule has 0 amide bonds. The highest BCUT2D eigenvalue weighted by atomic mass is 32.2. The van der Waals surface area contributed by atoms with Gasteiger partial charge in [-0.1, -0.05) is 6.07 Å². The lowest BCUT2D eigenvalue weighted by molar-refractivity contribution is 0.0676. The molecule has 11 nitrogen and oxygen atoms in total. The molecule has 0 aliphatic heterocycles. The molecule has 12 heteroatoms. The molecule has 0 saturated heterocycles. The quantitative estimate of drug-likeness (QED) is 0.444. The Morgan fingerprint density at radius 1 is 0.607 bits per heavy atom. The fraction of sp³-hybridized carbons (Fsp3) is 0. The Bertz CT molecular complexity index is 993. The van der Waals surface area contributed by atoms with E-state index in [1.165, 1.54) is 18.2 Å². The van der Waals surface area contributed by atoms with Crippen LogP contribution in [-0.4, -0.2) is 57.3 Å². The first-order valence-electron chi connectivity index (χ1n) is 6.98.